The van der Waals surface area contributed by atoms with E-state index in [2.05, 4.69) is 31.8 Å². The van der Waals surface area contributed by atoms with Gasteiger partial charge < -0.3 is 15.2 Å². The molecule has 0 radical (unpaired) electrons. The Morgan fingerprint density at radius 1 is 1.43 bits per heavy atom. The van der Waals surface area contributed by atoms with E-state index in [-0.39, 0.29) is 17.5 Å². The van der Waals surface area contributed by atoms with Gasteiger partial charge in [0.2, 0.25) is 0 Å². The number of methoxy groups -OCH3 is 1. The van der Waals surface area contributed by atoms with Crippen molar-refractivity contribution in [3.05, 3.63) is 22.2 Å². The molecule has 0 atom stereocenters. The second-order valence-electron chi connectivity index (χ2n) is 4.50. The lowest BCUT2D eigenvalue weighted by molar-refractivity contribution is -0.139. The average molecular weight is 356 g/mol. The Kier molecular flexibility index (Phi) is 4.79. The third-order valence-electron chi connectivity index (χ3n) is 2.77. The van der Waals surface area contributed by atoms with Crippen molar-refractivity contribution in [2.24, 2.45) is 5.10 Å². The quantitative estimate of drug-likeness (QED) is 0.424. The summed E-state index contributed by atoms with van der Waals surface area (Å²) in [6.07, 6.45) is 3.16. The van der Waals surface area contributed by atoms with Gasteiger partial charge in [0.05, 0.1) is 17.8 Å². The van der Waals surface area contributed by atoms with Crippen molar-refractivity contribution in [3.8, 4) is 11.5 Å². The summed E-state index contributed by atoms with van der Waals surface area (Å²) in [4.78, 5) is 22.8. The van der Waals surface area contributed by atoms with Crippen LogP contribution >= 0.6 is 15.9 Å². The van der Waals surface area contributed by atoms with Crippen LogP contribution in [0, 0.1) is 0 Å². The lowest BCUT2D eigenvalue weighted by Crippen LogP contribution is -2.38. The van der Waals surface area contributed by atoms with E-state index < -0.39 is 11.8 Å². The summed E-state index contributed by atoms with van der Waals surface area (Å²) in [5.74, 6) is -1.27. The number of carbonyl (C=O) groups is 2. The number of hydrazone groups is 1. The third-order valence-corrected chi connectivity index (χ3v) is 3.37. The zero-order valence-corrected chi connectivity index (χ0v) is 12.8. The Morgan fingerprint density at radius 3 is 2.76 bits per heavy atom. The van der Waals surface area contributed by atoms with Gasteiger partial charge in [-0.2, -0.15) is 5.10 Å². The summed E-state index contributed by atoms with van der Waals surface area (Å²) in [5.41, 5.74) is 2.72. The molecule has 0 heterocycles. The van der Waals surface area contributed by atoms with Crippen molar-refractivity contribution in [3.63, 3.8) is 0 Å². The maximum atomic E-state index is 11.4. The van der Waals surface area contributed by atoms with Gasteiger partial charge in [-0.05, 0) is 46.5 Å². The van der Waals surface area contributed by atoms with Crippen LogP contribution < -0.4 is 15.5 Å². The molecule has 2 rings (SSSR count). The number of aromatic hydroxyl groups is 1. The summed E-state index contributed by atoms with van der Waals surface area (Å²) < 4.78 is 5.42. The predicted octanol–water partition coefficient (Wildman–Crippen LogP) is 0.892. The van der Waals surface area contributed by atoms with Crippen molar-refractivity contribution >= 4 is 34.0 Å². The molecule has 21 heavy (non-hydrogen) atoms. The van der Waals surface area contributed by atoms with Crippen LogP contribution in [-0.4, -0.2) is 36.3 Å². The minimum absolute atomic E-state index is 0.0255. The monoisotopic (exact) mass is 355 g/mol. The Bertz CT molecular complexity index is 599. The fourth-order valence-corrected chi connectivity index (χ4v) is 1.98. The summed E-state index contributed by atoms with van der Waals surface area (Å²) in [7, 11) is 1.42. The minimum atomic E-state index is -0.817. The molecule has 112 valence electrons. The van der Waals surface area contributed by atoms with E-state index in [0.717, 1.165) is 12.8 Å². The number of phenolic OH excluding ortho intramolecular Hbond substituents is 1. The van der Waals surface area contributed by atoms with Crippen molar-refractivity contribution in [1.29, 1.82) is 0 Å². The largest absolute Gasteiger partial charge is 0.503 e. The first-order valence-corrected chi connectivity index (χ1v) is 7.01. The SMILES string of the molecule is COc1cc(/C=N\NC(=O)C(=O)NC2CC2)cc(Br)c1O. The number of ether oxygens (including phenoxy) is 1. The van der Waals surface area contributed by atoms with E-state index in [9.17, 15) is 14.7 Å². The van der Waals surface area contributed by atoms with Gasteiger partial charge in [-0.25, -0.2) is 5.43 Å². The molecule has 1 fully saturated rings. The number of hydrogen-bond acceptors (Lipinski definition) is 5. The standard InChI is InChI=1S/C13H14BrN3O4/c1-21-10-5-7(4-9(14)11(10)18)6-15-17-13(20)12(19)16-8-2-3-8/h4-6,8,18H,2-3H2,1H3,(H,16,19)(H,17,20)/b15-6-. The molecule has 0 unspecified atom stereocenters. The molecule has 0 saturated heterocycles. The van der Waals surface area contributed by atoms with Gasteiger partial charge in [0.1, 0.15) is 0 Å². The first-order valence-electron chi connectivity index (χ1n) is 6.21. The topological polar surface area (TPSA) is 100 Å². The summed E-state index contributed by atoms with van der Waals surface area (Å²) in [6, 6.07) is 3.25. The van der Waals surface area contributed by atoms with Crippen molar-refractivity contribution < 1.29 is 19.4 Å². The number of amides is 2. The van der Waals surface area contributed by atoms with Gasteiger partial charge in [-0.15, -0.1) is 0 Å². The Balaban J connectivity index is 1.95. The number of benzene rings is 1. The highest BCUT2D eigenvalue weighted by Gasteiger charge is 2.26. The van der Waals surface area contributed by atoms with Crippen LogP contribution in [-0.2, 0) is 9.59 Å². The van der Waals surface area contributed by atoms with Gasteiger partial charge in [0.15, 0.2) is 11.5 Å². The Morgan fingerprint density at radius 2 is 2.14 bits per heavy atom. The summed E-state index contributed by atoms with van der Waals surface area (Å²) in [5, 5.41) is 15.9. The van der Waals surface area contributed by atoms with Gasteiger partial charge in [0, 0.05) is 6.04 Å². The molecular formula is C13H14BrN3O4. The average Bonchev–Trinajstić information content (AvgIpc) is 3.26. The van der Waals surface area contributed by atoms with Crippen molar-refractivity contribution in [1.82, 2.24) is 10.7 Å². The lowest BCUT2D eigenvalue weighted by atomic mass is 10.2. The molecule has 2 amide bonds. The molecule has 8 heteroatoms. The molecule has 1 aromatic rings. The fraction of sp³-hybridized carbons (Fsp3) is 0.308. The second-order valence-corrected chi connectivity index (χ2v) is 5.35. The molecule has 3 N–H and O–H groups in total. The van der Waals surface area contributed by atoms with Gasteiger partial charge in [-0.1, -0.05) is 0 Å². The van der Waals surface area contributed by atoms with Crippen LogP contribution in [0.25, 0.3) is 0 Å². The molecule has 1 aliphatic rings. The number of nitrogens with zero attached hydrogens (tertiary/aromatic N) is 1. The molecule has 0 spiro atoms. The second kappa shape index (κ2) is 6.57. The first kappa shape index (κ1) is 15.3. The predicted molar refractivity (Wildman–Crippen MR) is 79.3 cm³/mol. The summed E-state index contributed by atoms with van der Waals surface area (Å²) in [6.45, 7) is 0. The normalized spacial score (nSPS) is 14.0. The van der Waals surface area contributed by atoms with E-state index in [1.165, 1.54) is 13.3 Å². The van der Waals surface area contributed by atoms with Crippen LogP contribution in [0.4, 0.5) is 0 Å². The maximum absolute atomic E-state index is 11.4. The van der Waals surface area contributed by atoms with Crippen LogP contribution in [0.5, 0.6) is 11.5 Å². The Labute approximate surface area is 129 Å². The number of halogens is 1. The highest BCUT2D eigenvalue weighted by Crippen LogP contribution is 2.34. The number of nitrogens with one attached hydrogen (secondary N) is 2. The maximum Gasteiger partial charge on any atom is 0.329 e. The van der Waals surface area contributed by atoms with E-state index in [1.807, 2.05) is 0 Å². The molecule has 0 bridgehead atoms. The smallest absolute Gasteiger partial charge is 0.329 e. The zero-order chi connectivity index (χ0) is 15.4. The van der Waals surface area contributed by atoms with Crippen LogP contribution in [0.3, 0.4) is 0 Å². The van der Waals surface area contributed by atoms with Gasteiger partial charge >= 0.3 is 11.8 Å². The highest BCUT2D eigenvalue weighted by atomic mass is 79.9. The fourth-order valence-electron chi connectivity index (χ4n) is 1.52. The molecule has 1 saturated carbocycles. The van der Waals surface area contributed by atoms with Crippen LogP contribution in [0.1, 0.15) is 18.4 Å². The minimum Gasteiger partial charge on any atom is -0.503 e. The third kappa shape index (κ3) is 4.19. The van der Waals surface area contributed by atoms with Crippen LogP contribution in [0.15, 0.2) is 21.7 Å². The van der Waals surface area contributed by atoms with Gasteiger partial charge in [-0.3, -0.25) is 9.59 Å². The molecular weight excluding hydrogens is 342 g/mol. The number of hydrogen-bond donors (Lipinski definition) is 3. The van der Waals surface area contributed by atoms with Crippen molar-refractivity contribution in [2.45, 2.75) is 18.9 Å². The van der Waals surface area contributed by atoms with Crippen LogP contribution in [0.2, 0.25) is 0 Å². The number of phenols is 1. The number of carbonyl (C=O) groups excluding carboxylic acids is 2. The van der Waals surface area contributed by atoms with E-state index in [0.29, 0.717) is 10.0 Å². The highest BCUT2D eigenvalue weighted by molar-refractivity contribution is 9.10. The first-order chi connectivity index (χ1) is 10.0. The molecule has 0 aromatic heterocycles. The lowest BCUT2D eigenvalue weighted by Gasteiger charge is -2.06. The van der Waals surface area contributed by atoms with E-state index >= 15 is 0 Å². The molecule has 1 aliphatic carbocycles. The van der Waals surface area contributed by atoms with Crippen molar-refractivity contribution in [2.75, 3.05) is 7.11 Å². The zero-order valence-electron chi connectivity index (χ0n) is 11.2. The molecule has 0 aliphatic heterocycles. The van der Waals surface area contributed by atoms with E-state index in [1.54, 1.807) is 12.1 Å². The number of rotatable bonds is 4. The van der Waals surface area contributed by atoms with E-state index in [4.69, 9.17) is 4.74 Å². The summed E-state index contributed by atoms with van der Waals surface area (Å²) >= 11 is 3.17. The molecule has 7 nitrogen and oxygen atoms in total. The Hall–Kier alpha value is -2.09. The molecule has 1 aromatic carbocycles. The van der Waals surface area contributed by atoms with Gasteiger partial charge in [0.25, 0.3) is 0 Å².